The van der Waals surface area contributed by atoms with Crippen LogP contribution in [0, 0.1) is 21.4 Å². The van der Waals surface area contributed by atoms with E-state index in [1.54, 1.807) is 0 Å². The molecule has 0 aromatic heterocycles. The number of benzene rings is 1. The summed E-state index contributed by atoms with van der Waals surface area (Å²) in [6.45, 7) is 3.95. The quantitative estimate of drug-likeness (QED) is 0.606. The molecule has 0 aliphatic rings. The second-order valence-electron chi connectivity index (χ2n) is 4.39. The second-order valence-corrected chi connectivity index (χ2v) is 4.39. The number of hydrogen-bond acceptors (Lipinski definition) is 5. The SMILES string of the molecule is CCC(O)(CC)CNc1ccc(C#N)cc1[N+](=O)[O-]. The van der Waals surface area contributed by atoms with Crippen molar-refractivity contribution in [2.45, 2.75) is 32.3 Å². The van der Waals surface area contributed by atoms with E-state index in [2.05, 4.69) is 5.32 Å². The van der Waals surface area contributed by atoms with Crippen molar-refractivity contribution in [3.63, 3.8) is 0 Å². The summed E-state index contributed by atoms with van der Waals surface area (Å²) in [5.74, 6) is 0. The van der Waals surface area contributed by atoms with Crippen LogP contribution < -0.4 is 5.32 Å². The third-order valence-corrected chi connectivity index (χ3v) is 3.25. The van der Waals surface area contributed by atoms with Crippen LogP contribution in [0.4, 0.5) is 11.4 Å². The van der Waals surface area contributed by atoms with Crippen LogP contribution in [0.1, 0.15) is 32.3 Å². The van der Waals surface area contributed by atoms with Crippen LogP contribution in [0.15, 0.2) is 18.2 Å². The molecule has 6 nitrogen and oxygen atoms in total. The van der Waals surface area contributed by atoms with Gasteiger partial charge in [0.2, 0.25) is 0 Å². The van der Waals surface area contributed by atoms with E-state index in [-0.39, 0.29) is 17.8 Å². The van der Waals surface area contributed by atoms with Crippen LogP contribution >= 0.6 is 0 Å². The van der Waals surface area contributed by atoms with Gasteiger partial charge in [0.1, 0.15) is 5.69 Å². The van der Waals surface area contributed by atoms with E-state index in [1.165, 1.54) is 18.2 Å². The zero-order valence-electron chi connectivity index (χ0n) is 11.0. The molecule has 0 amide bonds. The highest BCUT2D eigenvalue weighted by Crippen LogP contribution is 2.26. The minimum Gasteiger partial charge on any atom is -0.388 e. The maximum Gasteiger partial charge on any atom is 0.293 e. The third kappa shape index (κ3) is 3.66. The average molecular weight is 263 g/mol. The molecule has 102 valence electrons. The zero-order chi connectivity index (χ0) is 14.5. The first-order chi connectivity index (χ1) is 8.95. The van der Waals surface area contributed by atoms with Crippen LogP contribution in [0.25, 0.3) is 0 Å². The molecule has 0 radical (unpaired) electrons. The fourth-order valence-corrected chi connectivity index (χ4v) is 1.66. The van der Waals surface area contributed by atoms with Gasteiger partial charge in [0, 0.05) is 12.6 Å². The summed E-state index contributed by atoms with van der Waals surface area (Å²) in [5.41, 5.74) is -0.502. The van der Waals surface area contributed by atoms with Gasteiger partial charge >= 0.3 is 0 Å². The topological polar surface area (TPSA) is 99.2 Å². The highest BCUT2D eigenvalue weighted by Gasteiger charge is 2.23. The Balaban J connectivity index is 2.96. The standard InChI is InChI=1S/C13H17N3O3/c1-3-13(17,4-2)9-15-11-6-5-10(8-14)7-12(11)16(18)19/h5-7,15,17H,3-4,9H2,1-2H3. The van der Waals surface area contributed by atoms with Gasteiger partial charge in [-0.3, -0.25) is 10.1 Å². The highest BCUT2D eigenvalue weighted by molar-refractivity contribution is 5.64. The first kappa shape index (κ1) is 14.9. The van der Waals surface area contributed by atoms with Gasteiger partial charge in [-0.05, 0) is 25.0 Å². The zero-order valence-corrected chi connectivity index (χ0v) is 11.0. The van der Waals surface area contributed by atoms with E-state index in [9.17, 15) is 15.2 Å². The fraction of sp³-hybridized carbons (Fsp3) is 0.462. The molecule has 0 spiro atoms. The van der Waals surface area contributed by atoms with Crippen molar-refractivity contribution in [1.29, 1.82) is 5.26 Å². The lowest BCUT2D eigenvalue weighted by molar-refractivity contribution is -0.384. The van der Waals surface area contributed by atoms with E-state index in [0.717, 1.165) is 0 Å². The molecule has 1 aromatic rings. The molecule has 2 N–H and O–H groups in total. The summed E-state index contributed by atoms with van der Waals surface area (Å²) in [5, 5.41) is 32.7. The van der Waals surface area contributed by atoms with Crippen molar-refractivity contribution in [1.82, 2.24) is 0 Å². The maximum absolute atomic E-state index is 10.9. The number of anilines is 1. The van der Waals surface area contributed by atoms with E-state index in [0.29, 0.717) is 18.5 Å². The van der Waals surface area contributed by atoms with Crippen molar-refractivity contribution >= 4 is 11.4 Å². The lowest BCUT2D eigenvalue weighted by atomic mass is 9.97. The summed E-state index contributed by atoms with van der Waals surface area (Å²) in [4.78, 5) is 10.4. The number of nitrogens with zero attached hydrogens (tertiary/aromatic N) is 2. The van der Waals surface area contributed by atoms with Crippen molar-refractivity contribution in [3.8, 4) is 6.07 Å². The van der Waals surface area contributed by atoms with Gasteiger partial charge in [-0.15, -0.1) is 0 Å². The first-order valence-corrected chi connectivity index (χ1v) is 6.10. The molecule has 0 unspecified atom stereocenters. The monoisotopic (exact) mass is 263 g/mol. The molecule has 0 atom stereocenters. The highest BCUT2D eigenvalue weighted by atomic mass is 16.6. The second kappa shape index (κ2) is 6.16. The molecule has 1 rings (SSSR count). The van der Waals surface area contributed by atoms with E-state index >= 15 is 0 Å². The van der Waals surface area contributed by atoms with Gasteiger partial charge < -0.3 is 10.4 Å². The molecule has 0 aliphatic heterocycles. The average Bonchev–Trinajstić information content (AvgIpc) is 2.44. The molecule has 0 bridgehead atoms. The lowest BCUT2D eigenvalue weighted by Crippen LogP contribution is -2.35. The maximum atomic E-state index is 10.9. The predicted molar refractivity (Wildman–Crippen MR) is 71.8 cm³/mol. The minimum atomic E-state index is -0.887. The summed E-state index contributed by atoms with van der Waals surface area (Å²) < 4.78 is 0. The van der Waals surface area contributed by atoms with Gasteiger partial charge in [0.05, 0.1) is 22.2 Å². The van der Waals surface area contributed by atoms with E-state index in [1.807, 2.05) is 19.9 Å². The predicted octanol–water partition coefficient (Wildman–Crippen LogP) is 2.43. The number of nitrogens with one attached hydrogen (secondary N) is 1. The Morgan fingerprint density at radius 3 is 2.58 bits per heavy atom. The summed E-state index contributed by atoms with van der Waals surface area (Å²) in [6, 6.07) is 6.08. The van der Waals surface area contributed by atoms with Gasteiger partial charge in [-0.1, -0.05) is 13.8 Å². The molecule has 0 aliphatic carbocycles. The van der Waals surface area contributed by atoms with E-state index in [4.69, 9.17) is 5.26 Å². The minimum absolute atomic E-state index is 0.159. The Morgan fingerprint density at radius 1 is 1.47 bits per heavy atom. The molecule has 1 aromatic carbocycles. The van der Waals surface area contributed by atoms with Gasteiger partial charge in [0.25, 0.3) is 5.69 Å². The summed E-state index contributed by atoms with van der Waals surface area (Å²) in [6.07, 6.45) is 1.11. The van der Waals surface area contributed by atoms with Crippen molar-refractivity contribution in [3.05, 3.63) is 33.9 Å². The fourth-order valence-electron chi connectivity index (χ4n) is 1.66. The Labute approximate surface area is 111 Å². The van der Waals surface area contributed by atoms with Crippen molar-refractivity contribution in [2.75, 3.05) is 11.9 Å². The number of aliphatic hydroxyl groups is 1. The Bertz CT molecular complexity index is 504. The summed E-state index contributed by atoms with van der Waals surface area (Å²) in [7, 11) is 0. The van der Waals surface area contributed by atoms with Gasteiger partial charge in [-0.25, -0.2) is 0 Å². The number of nitriles is 1. The normalized spacial score (nSPS) is 10.8. The van der Waals surface area contributed by atoms with Crippen LogP contribution in [-0.4, -0.2) is 22.2 Å². The van der Waals surface area contributed by atoms with Gasteiger partial charge in [-0.2, -0.15) is 5.26 Å². The molecule has 0 fully saturated rings. The molecule has 6 heteroatoms. The largest absolute Gasteiger partial charge is 0.388 e. The van der Waals surface area contributed by atoms with Gasteiger partial charge in [0.15, 0.2) is 0 Å². The Morgan fingerprint density at radius 2 is 2.11 bits per heavy atom. The van der Waals surface area contributed by atoms with Crippen LogP contribution in [0.2, 0.25) is 0 Å². The van der Waals surface area contributed by atoms with Crippen LogP contribution in [-0.2, 0) is 0 Å². The summed E-state index contributed by atoms with van der Waals surface area (Å²) >= 11 is 0. The Kier molecular flexibility index (Phi) is 4.84. The molecule has 19 heavy (non-hydrogen) atoms. The molecular weight excluding hydrogens is 246 g/mol. The smallest absolute Gasteiger partial charge is 0.293 e. The van der Waals surface area contributed by atoms with Crippen molar-refractivity contribution in [2.24, 2.45) is 0 Å². The number of hydrogen-bond donors (Lipinski definition) is 2. The Hall–Kier alpha value is -2.13. The van der Waals surface area contributed by atoms with Crippen molar-refractivity contribution < 1.29 is 10.0 Å². The lowest BCUT2D eigenvalue weighted by Gasteiger charge is -2.25. The van der Waals surface area contributed by atoms with Crippen LogP contribution in [0.3, 0.4) is 0 Å². The number of nitro benzene ring substituents is 1. The molecule has 0 heterocycles. The molecule has 0 saturated carbocycles. The molecule has 0 saturated heterocycles. The van der Waals surface area contributed by atoms with E-state index < -0.39 is 10.5 Å². The van der Waals surface area contributed by atoms with Crippen LogP contribution in [0.5, 0.6) is 0 Å². The number of rotatable bonds is 6. The first-order valence-electron chi connectivity index (χ1n) is 6.10. The number of nitro groups is 1. The third-order valence-electron chi connectivity index (χ3n) is 3.25. The molecular formula is C13H17N3O3.